The number of benzene rings is 1. The molecule has 2 amide bonds. The summed E-state index contributed by atoms with van der Waals surface area (Å²) in [6.45, 7) is 0.0108. The van der Waals surface area contributed by atoms with Crippen molar-refractivity contribution in [2.24, 2.45) is 0 Å². The predicted octanol–water partition coefficient (Wildman–Crippen LogP) is 2.80. The van der Waals surface area contributed by atoms with E-state index >= 15 is 0 Å². The van der Waals surface area contributed by atoms with Crippen LogP contribution in [0.5, 0.6) is 11.5 Å². The lowest BCUT2D eigenvalue weighted by Crippen LogP contribution is -2.30. The van der Waals surface area contributed by atoms with E-state index in [2.05, 4.69) is 15.6 Å². The van der Waals surface area contributed by atoms with Crippen molar-refractivity contribution in [2.45, 2.75) is 18.9 Å². The van der Waals surface area contributed by atoms with Gasteiger partial charge < -0.3 is 25.2 Å². The summed E-state index contributed by atoms with van der Waals surface area (Å²) in [5, 5.41) is 20.0. The van der Waals surface area contributed by atoms with Gasteiger partial charge in [0.25, 0.3) is 0 Å². The van der Waals surface area contributed by atoms with Crippen molar-refractivity contribution < 1.29 is 24.2 Å². The maximum Gasteiger partial charge on any atom is 0.231 e. The van der Waals surface area contributed by atoms with E-state index in [0.29, 0.717) is 34.3 Å². The van der Waals surface area contributed by atoms with Crippen LogP contribution in [-0.2, 0) is 22.4 Å². The van der Waals surface area contributed by atoms with Gasteiger partial charge in [-0.25, -0.2) is 4.98 Å². The Morgan fingerprint density at radius 3 is 2.68 bits per heavy atom. The number of aliphatic hydroxyl groups excluding tert-OH is 1. The van der Waals surface area contributed by atoms with E-state index in [9.17, 15) is 14.7 Å². The molecule has 0 fully saturated rings. The maximum absolute atomic E-state index is 12.3. The fourth-order valence-electron chi connectivity index (χ4n) is 2.83. The molecular formula is C21H23N3O5S2. The van der Waals surface area contributed by atoms with E-state index in [4.69, 9.17) is 9.47 Å². The fraction of sp³-hybridized carbons (Fsp3) is 0.286. The van der Waals surface area contributed by atoms with Gasteiger partial charge in [0, 0.05) is 22.4 Å². The van der Waals surface area contributed by atoms with Gasteiger partial charge in [-0.15, -0.1) is 22.7 Å². The van der Waals surface area contributed by atoms with E-state index in [0.717, 1.165) is 4.88 Å². The molecule has 0 aliphatic carbocycles. The molecule has 2 aromatic heterocycles. The Labute approximate surface area is 187 Å². The number of rotatable bonds is 10. The second-order valence-corrected chi connectivity index (χ2v) is 8.44. The minimum Gasteiger partial charge on any atom is -0.497 e. The molecule has 3 aromatic rings. The highest BCUT2D eigenvalue weighted by molar-refractivity contribution is 7.14. The van der Waals surface area contributed by atoms with Gasteiger partial charge in [0.15, 0.2) is 5.13 Å². The summed E-state index contributed by atoms with van der Waals surface area (Å²) in [6, 6.07) is 8.89. The van der Waals surface area contributed by atoms with Crippen LogP contribution in [0.1, 0.15) is 22.2 Å². The van der Waals surface area contributed by atoms with Gasteiger partial charge in [-0.2, -0.15) is 0 Å². The normalized spacial score (nSPS) is 11.6. The van der Waals surface area contributed by atoms with Crippen LogP contribution in [0, 0.1) is 0 Å². The van der Waals surface area contributed by atoms with E-state index in [1.54, 1.807) is 23.6 Å². The molecule has 0 radical (unpaired) electrons. The number of amides is 2. The van der Waals surface area contributed by atoms with Gasteiger partial charge in [0.2, 0.25) is 11.8 Å². The van der Waals surface area contributed by atoms with Crippen molar-refractivity contribution in [1.29, 1.82) is 0 Å². The molecule has 0 bridgehead atoms. The number of hydrogen-bond acceptors (Lipinski definition) is 8. The second kappa shape index (κ2) is 10.9. The first-order chi connectivity index (χ1) is 15.0. The van der Waals surface area contributed by atoms with Crippen LogP contribution in [0.15, 0.2) is 41.1 Å². The summed E-state index contributed by atoms with van der Waals surface area (Å²) in [4.78, 5) is 29.6. The second-order valence-electron chi connectivity index (χ2n) is 6.55. The Bertz CT molecular complexity index is 1020. The predicted molar refractivity (Wildman–Crippen MR) is 120 cm³/mol. The van der Waals surface area contributed by atoms with Crippen molar-refractivity contribution in [3.63, 3.8) is 0 Å². The van der Waals surface area contributed by atoms with Crippen LogP contribution in [0.4, 0.5) is 5.13 Å². The first kappa shape index (κ1) is 22.7. The fourth-order valence-corrected chi connectivity index (χ4v) is 4.26. The number of carbonyl (C=O) groups excluding carboxylic acids is 2. The van der Waals surface area contributed by atoms with Crippen molar-refractivity contribution in [2.75, 3.05) is 26.1 Å². The number of hydrogen-bond donors (Lipinski definition) is 3. The van der Waals surface area contributed by atoms with Crippen molar-refractivity contribution >= 4 is 39.6 Å². The maximum atomic E-state index is 12.3. The number of ether oxygens (including phenoxy) is 2. The topological polar surface area (TPSA) is 110 Å². The Kier molecular flexibility index (Phi) is 7.99. The first-order valence-electron chi connectivity index (χ1n) is 9.41. The molecule has 164 valence electrons. The summed E-state index contributed by atoms with van der Waals surface area (Å²) in [5.41, 5.74) is 1.06. The van der Waals surface area contributed by atoms with Gasteiger partial charge in [0.05, 0.1) is 38.9 Å². The minimum atomic E-state index is -0.962. The summed E-state index contributed by atoms with van der Waals surface area (Å²) in [6.07, 6.45) is -0.630. The molecular weight excluding hydrogens is 438 g/mol. The lowest BCUT2D eigenvalue weighted by Gasteiger charge is -2.16. The van der Waals surface area contributed by atoms with Crippen LogP contribution >= 0.6 is 22.7 Å². The average molecular weight is 462 g/mol. The summed E-state index contributed by atoms with van der Waals surface area (Å²) in [7, 11) is 3.04. The Morgan fingerprint density at radius 1 is 1.13 bits per heavy atom. The molecule has 0 spiro atoms. The molecule has 31 heavy (non-hydrogen) atoms. The Balaban J connectivity index is 1.49. The number of methoxy groups -OCH3 is 2. The molecule has 1 aromatic carbocycles. The van der Waals surface area contributed by atoms with Crippen LogP contribution < -0.4 is 20.1 Å². The van der Waals surface area contributed by atoms with Crippen LogP contribution in [0.3, 0.4) is 0 Å². The third kappa shape index (κ3) is 6.51. The average Bonchev–Trinajstić information content (AvgIpc) is 3.43. The quantitative estimate of drug-likeness (QED) is 0.428. The molecule has 0 saturated heterocycles. The third-order valence-electron chi connectivity index (χ3n) is 4.34. The van der Waals surface area contributed by atoms with Crippen LogP contribution in [0.2, 0.25) is 0 Å². The Hall–Kier alpha value is -2.95. The number of thiophene rings is 1. The lowest BCUT2D eigenvalue weighted by molar-refractivity contribution is -0.121. The van der Waals surface area contributed by atoms with E-state index in [1.165, 1.54) is 36.9 Å². The minimum absolute atomic E-state index is 0.0108. The Morgan fingerprint density at radius 2 is 1.97 bits per heavy atom. The van der Waals surface area contributed by atoms with Crippen molar-refractivity contribution in [3.05, 3.63) is 57.2 Å². The van der Waals surface area contributed by atoms with Gasteiger partial charge in [0.1, 0.15) is 11.5 Å². The number of nitrogens with zero attached hydrogens (tertiary/aromatic N) is 1. The number of aromatic nitrogens is 1. The molecule has 1 unspecified atom stereocenters. The lowest BCUT2D eigenvalue weighted by atomic mass is 10.1. The number of carbonyl (C=O) groups is 2. The number of thiazole rings is 1. The van der Waals surface area contributed by atoms with Crippen LogP contribution in [0.25, 0.3) is 0 Å². The summed E-state index contributed by atoms with van der Waals surface area (Å²) < 4.78 is 10.4. The van der Waals surface area contributed by atoms with Crippen molar-refractivity contribution in [1.82, 2.24) is 10.3 Å². The summed E-state index contributed by atoms with van der Waals surface area (Å²) in [5.74, 6) is 0.646. The van der Waals surface area contributed by atoms with Gasteiger partial charge in [-0.1, -0.05) is 6.07 Å². The molecule has 3 N–H and O–H groups in total. The number of nitrogens with one attached hydrogen (secondary N) is 2. The highest BCUT2D eigenvalue weighted by Crippen LogP contribution is 2.29. The SMILES string of the molecule is COc1ccc(OC)c(C(O)CNC(=O)Cc2csc(NC(=O)Cc3cccs3)n2)c1. The zero-order chi connectivity index (χ0) is 22.2. The first-order valence-corrected chi connectivity index (χ1v) is 11.2. The number of anilines is 1. The largest absolute Gasteiger partial charge is 0.497 e. The standard InChI is InChI=1S/C21H23N3O5S2/c1-28-14-5-6-18(29-2)16(9-14)17(25)11-22-19(26)8-13-12-31-21(23-13)24-20(27)10-15-4-3-7-30-15/h3-7,9,12,17,25H,8,10-11H2,1-2H3,(H,22,26)(H,23,24,27). The number of aliphatic hydroxyl groups is 1. The van der Waals surface area contributed by atoms with Crippen LogP contribution in [-0.4, -0.2) is 42.7 Å². The highest BCUT2D eigenvalue weighted by Gasteiger charge is 2.17. The molecule has 0 aliphatic heterocycles. The van der Waals surface area contributed by atoms with Gasteiger partial charge >= 0.3 is 0 Å². The van der Waals surface area contributed by atoms with E-state index in [1.807, 2.05) is 17.5 Å². The molecule has 0 saturated carbocycles. The molecule has 1 atom stereocenters. The zero-order valence-corrected chi connectivity index (χ0v) is 18.7. The zero-order valence-electron chi connectivity index (χ0n) is 17.1. The van der Waals surface area contributed by atoms with Gasteiger partial charge in [-0.05, 0) is 29.6 Å². The highest BCUT2D eigenvalue weighted by atomic mass is 32.1. The molecule has 3 rings (SSSR count). The molecule has 8 nitrogen and oxygen atoms in total. The third-order valence-corrected chi connectivity index (χ3v) is 6.03. The van der Waals surface area contributed by atoms with Crippen molar-refractivity contribution in [3.8, 4) is 11.5 Å². The smallest absolute Gasteiger partial charge is 0.231 e. The molecule has 10 heteroatoms. The van der Waals surface area contributed by atoms with E-state index < -0.39 is 6.10 Å². The van der Waals surface area contributed by atoms with E-state index in [-0.39, 0.29) is 24.8 Å². The molecule has 0 aliphatic rings. The molecule has 2 heterocycles. The monoisotopic (exact) mass is 461 g/mol. The van der Waals surface area contributed by atoms with Gasteiger partial charge in [-0.3, -0.25) is 9.59 Å². The summed E-state index contributed by atoms with van der Waals surface area (Å²) >= 11 is 2.78.